The van der Waals surface area contributed by atoms with Crippen molar-refractivity contribution < 1.29 is 0 Å². The third kappa shape index (κ3) is 1.76. The molecule has 3 heterocycles. The van der Waals surface area contributed by atoms with Gasteiger partial charge >= 0.3 is 0 Å². The van der Waals surface area contributed by atoms with E-state index < -0.39 is 0 Å². The second-order valence-corrected chi connectivity index (χ2v) is 3.75. The van der Waals surface area contributed by atoms with E-state index in [-0.39, 0.29) is 0 Å². The Balaban J connectivity index is 1.93. The SMILES string of the molecule is NCc1cn(Cc2nc3ncnc(N)c3[nH]2)nn1. The lowest BCUT2D eigenvalue weighted by molar-refractivity contribution is 0.630. The summed E-state index contributed by atoms with van der Waals surface area (Å²) in [7, 11) is 0. The molecule has 0 saturated heterocycles. The molecule has 0 bridgehead atoms. The quantitative estimate of drug-likeness (QED) is 0.540. The summed E-state index contributed by atoms with van der Waals surface area (Å²) in [6, 6.07) is 0. The van der Waals surface area contributed by atoms with Gasteiger partial charge in [-0.2, -0.15) is 0 Å². The van der Waals surface area contributed by atoms with Crippen LogP contribution in [0.15, 0.2) is 12.5 Å². The summed E-state index contributed by atoms with van der Waals surface area (Å²) < 4.78 is 1.64. The fourth-order valence-corrected chi connectivity index (χ4v) is 1.63. The van der Waals surface area contributed by atoms with Gasteiger partial charge in [-0.25, -0.2) is 19.6 Å². The number of nitrogens with two attached hydrogens (primary N) is 2. The average Bonchev–Trinajstić information content (AvgIpc) is 2.96. The zero-order valence-corrected chi connectivity index (χ0v) is 9.41. The molecular weight excluding hydrogens is 234 g/mol. The molecule has 0 aliphatic rings. The maximum atomic E-state index is 5.71. The van der Waals surface area contributed by atoms with Crippen LogP contribution < -0.4 is 11.5 Å². The number of hydrogen-bond acceptors (Lipinski definition) is 7. The third-order valence-electron chi connectivity index (χ3n) is 2.47. The molecule has 0 amide bonds. The van der Waals surface area contributed by atoms with Gasteiger partial charge in [-0.3, -0.25) is 0 Å². The van der Waals surface area contributed by atoms with Crippen molar-refractivity contribution >= 4 is 17.0 Å². The van der Waals surface area contributed by atoms with E-state index in [1.54, 1.807) is 10.9 Å². The Morgan fingerprint density at radius 2 is 2.22 bits per heavy atom. The average molecular weight is 245 g/mol. The van der Waals surface area contributed by atoms with E-state index in [1.165, 1.54) is 6.33 Å². The number of anilines is 1. The van der Waals surface area contributed by atoms with Gasteiger partial charge < -0.3 is 16.5 Å². The standard InChI is InChI=1S/C9H11N9/c10-1-5-2-18(17-16-5)3-6-14-7-8(11)12-4-13-9(7)15-6/h2,4H,1,3,10H2,(H3,11,12,13,14,15). The summed E-state index contributed by atoms with van der Waals surface area (Å²) in [6.07, 6.45) is 3.15. The first-order valence-corrected chi connectivity index (χ1v) is 5.30. The number of imidazole rings is 1. The lowest BCUT2D eigenvalue weighted by Crippen LogP contribution is -2.02. The number of nitrogen functional groups attached to an aromatic ring is 1. The Hall–Kier alpha value is -2.55. The molecule has 0 aliphatic heterocycles. The van der Waals surface area contributed by atoms with Crippen LogP contribution in [0.25, 0.3) is 11.2 Å². The Morgan fingerprint density at radius 1 is 1.33 bits per heavy atom. The minimum absolute atomic E-state index is 0.360. The molecule has 92 valence electrons. The van der Waals surface area contributed by atoms with Crippen molar-refractivity contribution in [2.75, 3.05) is 5.73 Å². The topological polar surface area (TPSA) is 137 Å². The molecule has 0 spiro atoms. The van der Waals surface area contributed by atoms with Crippen molar-refractivity contribution in [2.45, 2.75) is 13.1 Å². The summed E-state index contributed by atoms with van der Waals surface area (Å²) in [5.74, 6) is 1.06. The van der Waals surface area contributed by atoms with Crippen LogP contribution in [0, 0.1) is 0 Å². The third-order valence-corrected chi connectivity index (χ3v) is 2.47. The van der Waals surface area contributed by atoms with Gasteiger partial charge in [0.25, 0.3) is 0 Å². The first-order valence-electron chi connectivity index (χ1n) is 5.30. The van der Waals surface area contributed by atoms with E-state index in [0.717, 1.165) is 5.69 Å². The van der Waals surface area contributed by atoms with E-state index in [2.05, 4.69) is 30.2 Å². The van der Waals surface area contributed by atoms with Gasteiger partial charge in [0.2, 0.25) is 0 Å². The Kier molecular flexibility index (Phi) is 2.38. The molecule has 18 heavy (non-hydrogen) atoms. The van der Waals surface area contributed by atoms with Gasteiger partial charge in [-0.15, -0.1) is 5.10 Å². The van der Waals surface area contributed by atoms with Crippen molar-refractivity contribution in [2.24, 2.45) is 5.73 Å². The fraction of sp³-hybridized carbons (Fsp3) is 0.222. The Morgan fingerprint density at radius 3 is 2.94 bits per heavy atom. The summed E-state index contributed by atoms with van der Waals surface area (Å²) in [4.78, 5) is 15.3. The zero-order chi connectivity index (χ0) is 12.5. The predicted molar refractivity (Wildman–Crippen MR) is 63.1 cm³/mol. The van der Waals surface area contributed by atoms with Crippen molar-refractivity contribution in [3.8, 4) is 0 Å². The van der Waals surface area contributed by atoms with Crippen LogP contribution >= 0.6 is 0 Å². The van der Waals surface area contributed by atoms with E-state index >= 15 is 0 Å². The molecule has 0 aromatic carbocycles. The Bertz CT molecular complexity index is 682. The van der Waals surface area contributed by atoms with Crippen molar-refractivity contribution in [1.82, 2.24) is 34.9 Å². The normalized spacial score (nSPS) is 11.2. The molecule has 0 saturated carbocycles. The minimum Gasteiger partial charge on any atom is -0.382 e. The highest BCUT2D eigenvalue weighted by Gasteiger charge is 2.08. The van der Waals surface area contributed by atoms with E-state index in [4.69, 9.17) is 11.5 Å². The van der Waals surface area contributed by atoms with Gasteiger partial charge in [-0.1, -0.05) is 5.21 Å². The molecule has 0 unspecified atom stereocenters. The summed E-state index contributed by atoms with van der Waals surface area (Å²) in [6.45, 7) is 0.807. The number of fused-ring (bicyclic) bond motifs is 1. The van der Waals surface area contributed by atoms with E-state index in [0.29, 0.717) is 35.9 Å². The second kappa shape index (κ2) is 4.04. The zero-order valence-electron chi connectivity index (χ0n) is 9.41. The highest BCUT2D eigenvalue weighted by atomic mass is 15.4. The van der Waals surface area contributed by atoms with Gasteiger partial charge in [-0.05, 0) is 0 Å². The van der Waals surface area contributed by atoms with Gasteiger partial charge in [0.05, 0.1) is 11.9 Å². The largest absolute Gasteiger partial charge is 0.382 e. The van der Waals surface area contributed by atoms with E-state index in [9.17, 15) is 0 Å². The molecule has 0 aliphatic carbocycles. The van der Waals surface area contributed by atoms with Crippen LogP contribution in [0.3, 0.4) is 0 Å². The van der Waals surface area contributed by atoms with Gasteiger partial charge in [0.15, 0.2) is 11.5 Å². The van der Waals surface area contributed by atoms with Crippen LogP contribution in [-0.4, -0.2) is 34.9 Å². The molecule has 0 atom stereocenters. The van der Waals surface area contributed by atoms with Crippen LogP contribution in [0.1, 0.15) is 11.5 Å². The molecule has 5 N–H and O–H groups in total. The van der Waals surface area contributed by atoms with E-state index in [1.807, 2.05) is 0 Å². The van der Waals surface area contributed by atoms with Gasteiger partial charge in [0.1, 0.15) is 24.2 Å². The number of nitrogens with one attached hydrogen (secondary N) is 1. The molecule has 9 nitrogen and oxygen atoms in total. The minimum atomic E-state index is 0.360. The predicted octanol–water partition coefficient (Wildman–Crippen LogP) is -0.966. The summed E-state index contributed by atoms with van der Waals surface area (Å²) >= 11 is 0. The van der Waals surface area contributed by atoms with Gasteiger partial charge in [0, 0.05) is 6.54 Å². The molecule has 9 heteroatoms. The molecule has 3 rings (SSSR count). The second-order valence-electron chi connectivity index (χ2n) is 3.75. The van der Waals surface area contributed by atoms with Crippen LogP contribution in [0.5, 0.6) is 0 Å². The number of H-pyrrole nitrogens is 1. The number of hydrogen-bond donors (Lipinski definition) is 3. The first-order chi connectivity index (χ1) is 8.76. The smallest absolute Gasteiger partial charge is 0.183 e. The van der Waals surface area contributed by atoms with Crippen LogP contribution in [0.2, 0.25) is 0 Å². The monoisotopic (exact) mass is 245 g/mol. The summed E-state index contributed by atoms with van der Waals surface area (Å²) in [5, 5.41) is 7.83. The number of nitrogens with zero attached hydrogens (tertiary/aromatic N) is 6. The van der Waals surface area contributed by atoms with Crippen LogP contribution in [-0.2, 0) is 13.1 Å². The van der Waals surface area contributed by atoms with Crippen LogP contribution in [0.4, 0.5) is 5.82 Å². The number of rotatable bonds is 3. The maximum Gasteiger partial charge on any atom is 0.183 e. The molecular formula is C9H11N9. The highest BCUT2D eigenvalue weighted by molar-refractivity contribution is 5.80. The lowest BCUT2D eigenvalue weighted by atomic mass is 10.5. The number of aromatic nitrogens is 7. The highest BCUT2D eigenvalue weighted by Crippen LogP contribution is 2.13. The first kappa shape index (κ1) is 10.6. The molecule has 3 aromatic rings. The molecule has 0 radical (unpaired) electrons. The molecule has 3 aromatic heterocycles. The maximum absolute atomic E-state index is 5.71. The number of aromatic amines is 1. The lowest BCUT2D eigenvalue weighted by Gasteiger charge is -1.94. The van der Waals surface area contributed by atoms with Crippen molar-refractivity contribution in [3.63, 3.8) is 0 Å². The fourth-order valence-electron chi connectivity index (χ4n) is 1.63. The van der Waals surface area contributed by atoms with Crippen molar-refractivity contribution in [3.05, 3.63) is 24.0 Å². The Labute approximate surface area is 101 Å². The summed E-state index contributed by atoms with van der Waals surface area (Å²) in [5.41, 5.74) is 13.1. The molecule has 0 fully saturated rings. The van der Waals surface area contributed by atoms with Crippen molar-refractivity contribution in [1.29, 1.82) is 0 Å².